The summed E-state index contributed by atoms with van der Waals surface area (Å²) in [5.41, 5.74) is 2.87. The maximum Gasteiger partial charge on any atom is 0.164 e. The highest BCUT2D eigenvalue weighted by molar-refractivity contribution is 6.42. The molecule has 0 saturated heterocycles. The Labute approximate surface area is 139 Å². The zero-order valence-corrected chi connectivity index (χ0v) is 13.7. The molecule has 0 saturated carbocycles. The average molecular weight is 332 g/mol. The van der Waals surface area contributed by atoms with E-state index in [1.807, 2.05) is 49.5 Å². The summed E-state index contributed by atoms with van der Waals surface area (Å²) in [6.45, 7) is 2.53. The summed E-state index contributed by atoms with van der Waals surface area (Å²) in [7, 11) is 0. The van der Waals surface area contributed by atoms with Crippen molar-refractivity contribution in [2.45, 2.75) is 19.9 Å². The summed E-state index contributed by atoms with van der Waals surface area (Å²) in [6.07, 6.45) is 2.43. The average Bonchev–Trinajstić information content (AvgIpc) is 2.89. The fraction of sp³-hybridized carbons (Fsp3) is 0.167. The Bertz CT molecular complexity index is 851. The van der Waals surface area contributed by atoms with Gasteiger partial charge in [-0.1, -0.05) is 54.4 Å². The Hall–Kier alpha value is -1.77. The Morgan fingerprint density at radius 2 is 1.86 bits per heavy atom. The van der Waals surface area contributed by atoms with Crippen molar-refractivity contribution < 1.29 is 4.79 Å². The monoisotopic (exact) mass is 331 g/mol. The quantitative estimate of drug-likeness (QED) is 0.571. The summed E-state index contributed by atoms with van der Waals surface area (Å²) < 4.78 is 2.08. The number of ketones is 1. The van der Waals surface area contributed by atoms with Crippen molar-refractivity contribution >= 4 is 39.9 Å². The molecule has 0 atom stereocenters. The van der Waals surface area contributed by atoms with Gasteiger partial charge >= 0.3 is 0 Å². The van der Waals surface area contributed by atoms with Crippen LogP contribution in [0.3, 0.4) is 0 Å². The number of halogens is 2. The summed E-state index contributed by atoms with van der Waals surface area (Å²) in [5.74, 6) is 0.157. The Morgan fingerprint density at radius 3 is 2.59 bits per heavy atom. The van der Waals surface area contributed by atoms with E-state index in [0.29, 0.717) is 23.0 Å². The number of para-hydroxylation sites is 1. The molecule has 0 spiro atoms. The molecule has 0 radical (unpaired) electrons. The predicted octanol–water partition coefficient (Wildman–Crippen LogP) is 5.59. The molecule has 112 valence electrons. The summed E-state index contributed by atoms with van der Waals surface area (Å²) in [5, 5.41) is 2.08. The summed E-state index contributed by atoms with van der Waals surface area (Å²) >= 11 is 12.0. The number of Topliss-reactive ketones (excluding diaryl/α,β-unsaturated/α-hetero) is 1. The number of hydrogen-bond acceptors (Lipinski definition) is 1. The van der Waals surface area contributed by atoms with Gasteiger partial charge in [0.25, 0.3) is 0 Å². The second-order valence-corrected chi connectivity index (χ2v) is 6.03. The van der Waals surface area contributed by atoms with Gasteiger partial charge in [-0.3, -0.25) is 4.79 Å². The Kier molecular flexibility index (Phi) is 4.23. The Morgan fingerprint density at radius 1 is 1.09 bits per heavy atom. The van der Waals surface area contributed by atoms with E-state index in [-0.39, 0.29) is 5.78 Å². The van der Waals surface area contributed by atoms with Gasteiger partial charge in [-0.25, -0.2) is 0 Å². The van der Waals surface area contributed by atoms with Gasteiger partial charge in [-0.2, -0.15) is 0 Å². The van der Waals surface area contributed by atoms with E-state index in [1.54, 1.807) is 6.07 Å². The lowest BCUT2D eigenvalue weighted by molar-refractivity contribution is 0.0989. The molecule has 1 heterocycles. The van der Waals surface area contributed by atoms with Crippen LogP contribution < -0.4 is 0 Å². The van der Waals surface area contributed by atoms with E-state index < -0.39 is 0 Å². The molecule has 0 bridgehead atoms. The lowest BCUT2D eigenvalue weighted by Crippen LogP contribution is -1.99. The van der Waals surface area contributed by atoms with E-state index in [4.69, 9.17) is 23.2 Å². The number of rotatable bonds is 4. The van der Waals surface area contributed by atoms with E-state index in [9.17, 15) is 4.79 Å². The lowest BCUT2D eigenvalue weighted by Gasteiger charge is -2.06. The molecule has 0 aliphatic rings. The second-order valence-electron chi connectivity index (χ2n) is 5.21. The highest BCUT2D eigenvalue weighted by atomic mass is 35.5. The van der Waals surface area contributed by atoms with Gasteiger partial charge in [0.1, 0.15) is 0 Å². The molecule has 0 amide bonds. The fourth-order valence-electron chi connectivity index (χ4n) is 2.62. The van der Waals surface area contributed by atoms with Crippen molar-refractivity contribution in [2.24, 2.45) is 0 Å². The van der Waals surface area contributed by atoms with Crippen molar-refractivity contribution in [3.05, 3.63) is 69.8 Å². The van der Waals surface area contributed by atoms with Crippen molar-refractivity contribution in [3.8, 4) is 0 Å². The molecular formula is C18H15Cl2NO. The van der Waals surface area contributed by atoms with E-state index in [1.165, 1.54) is 0 Å². The first kappa shape index (κ1) is 15.1. The summed E-state index contributed by atoms with van der Waals surface area (Å²) in [4.78, 5) is 12.1. The molecule has 3 rings (SSSR count). The first-order valence-electron chi connectivity index (χ1n) is 7.15. The van der Waals surface area contributed by atoms with E-state index >= 15 is 0 Å². The number of carbonyl (C=O) groups excluding carboxylic acids is 1. The third-order valence-electron chi connectivity index (χ3n) is 3.75. The van der Waals surface area contributed by atoms with Crippen LogP contribution in [0.1, 0.15) is 29.3 Å². The van der Waals surface area contributed by atoms with Crippen LogP contribution >= 0.6 is 23.2 Å². The fourth-order valence-corrected chi connectivity index (χ4v) is 2.95. The number of carbonyl (C=O) groups is 1. The maximum atomic E-state index is 12.1. The molecule has 0 aliphatic heterocycles. The van der Waals surface area contributed by atoms with Crippen LogP contribution in [0, 0.1) is 0 Å². The number of aromatic nitrogens is 1. The molecule has 22 heavy (non-hydrogen) atoms. The van der Waals surface area contributed by atoms with E-state index in [2.05, 4.69) is 4.57 Å². The number of nitrogens with zero attached hydrogens (tertiary/aromatic N) is 1. The predicted molar refractivity (Wildman–Crippen MR) is 92.1 cm³/mol. The second kappa shape index (κ2) is 6.15. The smallest absolute Gasteiger partial charge is 0.164 e. The molecule has 3 aromatic rings. The third kappa shape index (κ3) is 2.77. The SMILES string of the molecule is CCC(=O)c1cn(Cc2ccc(Cl)c(Cl)c2)c2ccccc12. The first-order chi connectivity index (χ1) is 10.6. The van der Waals surface area contributed by atoms with Gasteiger partial charge in [0.2, 0.25) is 0 Å². The molecule has 1 aromatic heterocycles. The molecular weight excluding hydrogens is 317 g/mol. The number of hydrogen-bond donors (Lipinski definition) is 0. The largest absolute Gasteiger partial charge is 0.342 e. The van der Waals surface area contributed by atoms with Gasteiger partial charge < -0.3 is 4.57 Å². The van der Waals surface area contributed by atoms with Crippen LogP contribution in [0.2, 0.25) is 10.0 Å². The van der Waals surface area contributed by atoms with Gasteiger partial charge in [-0.05, 0) is 23.8 Å². The number of benzene rings is 2. The van der Waals surface area contributed by atoms with Crippen LogP contribution in [-0.4, -0.2) is 10.4 Å². The molecule has 0 unspecified atom stereocenters. The van der Waals surface area contributed by atoms with Crippen molar-refractivity contribution in [3.63, 3.8) is 0 Å². The van der Waals surface area contributed by atoms with Crippen molar-refractivity contribution in [2.75, 3.05) is 0 Å². The summed E-state index contributed by atoms with van der Waals surface area (Å²) in [6, 6.07) is 13.6. The Balaban J connectivity index is 2.07. The zero-order valence-electron chi connectivity index (χ0n) is 12.1. The van der Waals surface area contributed by atoms with Gasteiger partial charge in [0, 0.05) is 35.6 Å². The van der Waals surface area contributed by atoms with Gasteiger partial charge in [0.15, 0.2) is 5.78 Å². The van der Waals surface area contributed by atoms with Crippen LogP contribution in [0.5, 0.6) is 0 Å². The van der Waals surface area contributed by atoms with Gasteiger partial charge in [-0.15, -0.1) is 0 Å². The molecule has 2 aromatic carbocycles. The molecule has 4 heteroatoms. The topological polar surface area (TPSA) is 22.0 Å². The normalized spacial score (nSPS) is 11.0. The highest BCUT2D eigenvalue weighted by Gasteiger charge is 2.13. The molecule has 0 fully saturated rings. The van der Waals surface area contributed by atoms with Crippen LogP contribution in [-0.2, 0) is 6.54 Å². The minimum absolute atomic E-state index is 0.157. The zero-order chi connectivity index (χ0) is 15.7. The first-order valence-corrected chi connectivity index (χ1v) is 7.90. The van der Waals surface area contributed by atoms with Crippen LogP contribution in [0.25, 0.3) is 10.9 Å². The third-order valence-corrected chi connectivity index (χ3v) is 4.49. The standard InChI is InChI=1S/C18H15Cl2NO/c1-2-18(22)14-11-21(17-6-4-3-5-13(14)17)10-12-7-8-15(19)16(20)9-12/h3-9,11H,2,10H2,1H3. The number of fused-ring (bicyclic) bond motifs is 1. The van der Waals surface area contributed by atoms with Crippen molar-refractivity contribution in [1.29, 1.82) is 0 Å². The molecule has 2 nitrogen and oxygen atoms in total. The van der Waals surface area contributed by atoms with Crippen LogP contribution in [0.15, 0.2) is 48.7 Å². The van der Waals surface area contributed by atoms with Crippen LogP contribution in [0.4, 0.5) is 0 Å². The van der Waals surface area contributed by atoms with Gasteiger partial charge in [0.05, 0.1) is 10.0 Å². The lowest BCUT2D eigenvalue weighted by atomic mass is 10.1. The van der Waals surface area contributed by atoms with E-state index in [0.717, 1.165) is 22.0 Å². The maximum absolute atomic E-state index is 12.1. The minimum Gasteiger partial charge on any atom is -0.342 e. The van der Waals surface area contributed by atoms with Crippen molar-refractivity contribution in [1.82, 2.24) is 4.57 Å². The highest BCUT2D eigenvalue weighted by Crippen LogP contribution is 2.26. The minimum atomic E-state index is 0.157. The molecule has 0 N–H and O–H groups in total. The molecule has 0 aliphatic carbocycles.